The molecule has 70 valence electrons. The fraction of sp³-hybridized carbons (Fsp3) is 0.600. The molecule has 1 aromatic heterocycles. The first kappa shape index (κ1) is 9.79. The third kappa shape index (κ3) is 2.32. The van der Waals surface area contributed by atoms with Crippen LogP contribution < -0.4 is 0 Å². The minimum Gasteiger partial charge on any atom is -0.317 e. The summed E-state index contributed by atoms with van der Waals surface area (Å²) in [6, 6.07) is 0. The van der Waals surface area contributed by atoms with Crippen LogP contribution in [0.2, 0.25) is 0 Å². The third-order valence-corrected chi connectivity index (χ3v) is 1.96. The summed E-state index contributed by atoms with van der Waals surface area (Å²) >= 11 is 0. The molecule has 0 atom stereocenters. The summed E-state index contributed by atoms with van der Waals surface area (Å²) in [7, 11) is 0. The van der Waals surface area contributed by atoms with E-state index in [1.807, 2.05) is 6.20 Å². The summed E-state index contributed by atoms with van der Waals surface area (Å²) in [4.78, 5) is 3.34. The van der Waals surface area contributed by atoms with Crippen molar-refractivity contribution in [3.8, 4) is 0 Å². The molecular formula is C10H15N3. The highest BCUT2D eigenvalue weighted by Gasteiger charge is 2.19. The van der Waals surface area contributed by atoms with Gasteiger partial charge in [0.1, 0.15) is 0 Å². The quantitative estimate of drug-likeness (QED) is 0.690. The average molecular weight is 177 g/mol. The number of nitrogens with zero attached hydrogens (tertiary/aromatic N) is 2. The molecule has 0 saturated heterocycles. The summed E-state index contributed by atoms with van der Waals surface area (Å²) in [5.41, 5.74) is 2.41. The van der Waals surface area contributed by atoms with Crippen molar-refractivity contribution in [1.82, 2.24) is 10.2 Å². The number of nitrogens with one attached hydrogen (secondary N) is 1. The average Bonchev–Trinajstić information content (AvgIpc) is 2.47. The van der Waals surface area contributed by atoms with Crippen LogP contribution in [0.3, 0.4) is 0 Å². The number of rotatable bonds is 2. The fourth-order valence-electron chi connectivity index (χ4n) is 1.33. The topological polar surface area (TPSA) is 33.0 Å². The zero-order chi connectivity index (χ0) is 9.90. The van der Waals surface area contributed by atoms with Gasteiger partial charge in [-0.1, -0.05) is 20.8 Å². The van der Waals surface area contributed by atoms with Gasteiger partial charge in [0.25, 0.3) is 0 Å². The maximum atomic E-state index is 6.73. The van der Waals surface area contributed by atoms with Crippen molar-refractivity contribution in [3.63, 3.8) is 0 Å². The van der Waals surface area contributed by atoms with Crippen molar-refractivity contribution in [1.29, 1.82) is 0 Å². The van der Waals surface area contributed by atoms with Gasteiger partial charge in [-0.25, -0.2) is 6.57 Å². The summed E-state index contributed by atoms with van der Waals surface area (Å²) < 4.78 is 0. The Labute approximate surface area is 79.0 Å². The molecular weight excluding hydrogens is 162 g/mol. The fourth-order valence-corrected chi connectivity index (χ4v) is 1.33. The van der Waals surface area contributed by atoms with E-state index in [1.165, 1.54) is 5.56 Å². The van der Waals surface area contributed by atoms with Gasteiger partial charge in [-0.3, -0.25) is 5.10 Å². The van der Waals surface area contributed by atoms with Gasteiger partial charge in [0.05, 0.1) is 6.20 Å². The lowest BCUT2D eigenvalue weighted by molar-refractivity contribution is 0.560. The SMILES string of the molecule is [C-]#[N+]CCc1cn[nH]c1C(C)(C)C. The van der Waals surface area contributed by atoms with Gasteiger partial charge in [-0.05, 0) is 0 Å². The molecule has 13 heavy (non-hydrogen) atoms. The van der Waals surface area contributed by atoms with E-state index >= 15 is 0 Å². The van der Waals surface area contributed by atoms with Crippen LogP contribution in [0.15, 0.2) is 6.20 Å². The van der Waals surface area contributed by atoms with E-state index in [2.05, 4.69) is 35.8 Å². The Balaban J connectivity index is 2.85. The van der Waals surface area contributed by atoms with Gasteiger partial charge in [-0.15, -0.1) is 0 Å². The lowest BCUT2D eigenvalue weighted by Crippen LogP contribution is -2.14. The van der Waals surface area contributed by atoms with Crippen molar-refractivity contribution < 1.29 is 0 Å². The summed E-state index contributed by atoms with van der Waals surface area (Å²) in [5.74, 6) is 0. The predicted octanol–water partition coefficient (Wildman–Crippen LogP) is 2.17. The maximum absolute atomic E-state index is 6.73. The molecule has 1 aromatic rings. The van der Waals surface area contributed by atoms with E-state index in [9.17, 15) is 0 Å². The molecule has 0 amide bonds. The predicted molar refractivity (Wildman–Crippen MR) is 52.5 cm³/mol. The Hall–Kier alpha value is -1.30. The minimum atomic E-state index is 0.0911. The first-order chi connectivity index (χ1) is 6.05. The van der Waals surface area contributed by atoms with Gasteiger partial charge in [0, 0.05) is 23.1 Å². The van der Waals surface area contributed by atoms with Gasteiger partial charge in [0.15, 0.2) is 0 Å². The molecule has 3 nitrogen and oxygen atoms in total. The van der Waals surface area contributed by atoms with E-state index in [4.69, 9.17) is 6.57 Å². The number of hydrogen-bond donors (Lipinski definition) is 1. The summed E-state index contributed by atoms with van der Waals surface area (Å²) in [6.07, 6.45) is 2.62. The Morgan fingerprint density at radius 3 is 2.77 bits per heavy atom. The normalized spacial score (nSPS) is 11.2. The number of aromatic nitrogens is 2. The van der Waals surface area contributed by atoms with Crippen LogP contribution in [0.4, 0.5) is 0 Å². The van der Waals surface area contributed by atoms with Crippen LogP contribution >= 0.6 is 0 Å². The van der Waals surface area contributed by atoms with Crippen molar-refractivity contribution in [3.05, 3.63) is 28.9 Å². The first-order valence-corrected chi connectivity index (χ1v) is 4.41. The van der Waals surface area contributed by atoms with E-state index < -0.39 is 0 Å². The van der Waals surface area contributed by atoms with Crippen molar-refractivity contribution >= 4 is 0 Å². The molecule has 0 spiro atoms. The highest BCUT2D eigenvalue weighted by molar-refractivity contribution is 5.23. The van der Waals surface area contributed by atoms with Gasteiger partial charge in [0.2, 0.25) is 6.54 Å². The van der Waals surface area contributed by atoms with Gasteiger partial charge in [-0.2, -0.15) is 5.10 Å². The molecule has 1 N–H and O–H groups in total. The van der Waals surface area contributed by atoms with E-state index in [0.717, 1.165) is 12.1 Å². The van der Waals surface area contributed by atoms with Crippen LogP contribution in [-0.4, -0.2) is 16.7 Å². The highest BCUT2D eigenvalue weighted by Crippen LogP contribution is 2.23. The minimum absolute atomic E-state index is 0.0911. The standard InChI is InChI=1S/C10H15N3/c1-10(2,3)9-8(5-6-11-4)7-12-13-9/h7H,5-6H2,1-3H3,(H,12,13). The van der Waals surface area contributed by atoms with Gasteiger partial charge < -0.3 is 4.85 Å². The summed E-state index contributed by atoms with van der Waals surface area (Å²) in [6.45, 7) is 13.7. The molecule has 0 bridgehead atoms. The molecule has 0 radical (unpaired) electrons. The highest BCUT2D eigenvalue weighted by atomic mass is 15.1. The maximum Gasteiger partial charge on any atom is 0.218 e. The molecule has 0 saturated carbocycles. The molecule has 0 aromatic carbocycles. The van der Waals surface area contributed by atoms with Crippen molar-refractivity contribution in [2.75, 3.05) is 6.54 Å². The van der Waals surface area contributed by atoms with E-state index in [1.54, 1.807) is 0 Å². The molecule has 0 aliphatic heterocycles. The Morgan fingerprint density at radius 2 is 2.23 bits per heavy atom. The Bertz CT molecular complexity index is 312. The van der Waals surface area contributed by atoms with E-state index in [0.29, 0.717) is 6.54 Å². The van der Waals surface area contributed by atoms with Crippen LogP contribution in [0.5, 0.6) is 0 Å². The molecule has 1 rings (SSSR count). The Morgan fingerprint density at radius 1 is 1.54 bits per heavy atom. The zero-order valence-corrected chi connectivity index (χ0v) is 8.39. The summed E-state index contributed by atoms with van der Waals surface area (Å²) in [5, 5.41) is 7.02. The number of hydrogen-bond acceptors (Lipinski definition) is 1. The van der Waals surface area contributed by atoms with Crippen LogP contribution in [0, 0.1) is 6.57 Å². The molecule has 1 heterocycles. The largest absolute Gasteiger partial charge is 0.317 e. The smallest absolute Gasteiger partial charge is 0.218 e. The monoisotopic (exact) mass is 177 g/mol. The van der Waals surface area contributed by atoms with E-state index in [-0.39, 0.29) is 5.41 Å². The second-order valence-corrected chi connectivity index (χ2v) is 4.15. The van der Waals surface area contributed by atoms with Crippen molar-refractivity contribution in [2.24, 2.45) is 0 Å². The van der Waals surface area contributed by atoms with Crippen LogP contribution in [0.1, 0.15) is 32.0 Å². The number of H-pyrrole nitrogens is 1. The Kier molecular flexibility index (Phi) is 2.72. The lowest BCUT2D eigenvalue weighted by Gasteiger charge is -2.17. The second kappa shape index (κ2) is 3.61. The van der Waals surface area contributed by atoms with Gasteiger partial charge >= 0.3 is 0 Å². The lowest BCUT2D eigenvalue weighted by atomic mass is 9.89. The zero-order valence-electron chi connectivity index (χ0n) is 8.39. The van der Waals surface area contributed by atoms with Crippen molar-refractivity contribution in [2.45, 2.75) is 32.6 Å². The third-order valence-electron chi connectivity index (χ3n) is 1.96. The first-order valence-electron chi connectivity index (χ1n) is 4.41. The molecule has 0 fully saturated rings. The van der Waals surface area contributed by atoms with Crippen LogP contribution in [0.25, 0.3) is 4.85 Å². The van der Waals surface area contributed by atoms with Crippen LogP contribution in [-0.2, 0) is 11.8 Å². The molecule has 0 aliphatic rings. The molecule has 0 unspecified atom stereocenters. The molecule has 3 heteroatoms. The second-order valence-electron chi connectivity index (χ2n) is 4.15. The molecule has 0 aliphatic carbocycles. The number of aromatic amines is 1.